The van der Waals surface area contributed by atoms with Crippen LogP contribution in [0.1, 0.15) is 15.9 Å². The van der Waals surface area contributed by atoms with Gasteiger partial charge in [0.15, 0.2) is 0 Å². The summed E-state index contributed by atoms with van der Waals surface area (Å²) in [6, 6.07) is 10.1. The molecule has 2 aromatic rings. The lowest BCUT2D eigenvalue weighted by Crippen LogP contribution is -2.12. The van der Waals surface area contributed by atoms with E-state index in [-0.39, 0.29) is 23.8 Å². The smallest absolute Gasteiger partial charge is 0.342 e. The zero-order valence-corrected chi connectivity index (χ0v) is 11.8. The van der Waals surface area contributed by atoms with Gasteiger partial charge in [-0.3, -0.25) is 10.1 Å². The zero-order valence-electron chi connectivity index (χ0n) is 11.8. The molecule has 0 radical (unpaired) electrons. The highest BCUT2D eigenvalue weighted by Gasteiger charge is 2.22. The number of nitrogen functional groups attached to an aromatic ring is 1. The summed E-state index contributed by atoms with van der Waals surface area (Å²) in [6.07, 6.45) is 0. The average molecular weight is 302 g/mol. The van der Waals surface area contributed by atoms with Gasteiger partial charge in [-0.1, -0.05) is 30.3 Å². The van der Waals surface area contributed by atoms with Crippen LogP contribution in [-0.2, 0) is 11.3 Å². The first-order valence-corrected chi connectivity index (χ1v) is 6.36. The van der Waals surface area contributed by atoms with Gasteiger partial charge in [0.05, 0.1) is 4.92 Å². The van der Waals surface area contributed by atoms with Crippen molar-refractivity contribution in [1.82, 2.24) is 4.98 Å². The van der Waals surface area contributed by atoms with Gasteiger partial charge in [-0.2, -0.15) is 0 Å². The molecule has 0 aliphatic heterocycles. The lowest BCUT2D eigenvalue weighted by molar-refractivity contribution is -0.384. The molecule has 2 rings (SSSR count). The number of carbonyl (C=O) groups is 1. The molecule has 0 fully saturated rings. The van der Waals surface area contributed by atoms with E-state index in [4.69, 9.17) is 10.5 Å². The molecule has 3 N–H and O–H groups in total. The van der Waals surface area contributed by atoms with E-state index in [9.17, 15) is 14.9 Å². The summed E-state index contributed by atoms with van der Waals surface area (Å²) < 4.78 is 5.15. The number of nitrogens with one attached hydrogen (secondary N) is 1. The van der Waals surface area contributed by atoms with Crippen LogP contribution >= 0.6 is 0 Å². The van der Waals surface area contributed by atoms with Crippen LogP contribution in [0.15, 0.2) is 36.4 Å². The third kappa shape index (κ3) is 3.29. The number of ether oxygens (including phenoxy) is 1. The number of carbonyl (C=O) groups excluding carboxylic acids is 1. The van der Waals surface area contributed by atoms with E-state index in [1.807, 2.05) is 18.2 Å². The van der Waals surface area contributed by atoms with Gasteiger partial charge in [0, 0.05) is 13.1 Å². The van der Waals surface area contributed by atoms with Gasteiger partial charge in [-0.15, -0.1) is 0 Å². The molecular weight excluding hydrogens is 288 g/mol. The Labute approximate surface area is 126 Å². The maximum Gasteiger partial charge on any atom is 0.342 e. The molecule has 8 heteroatoms. The third-order valence-electron chi connectivity index (χ3n) is 2.90. The Bertz CT molecular complexity index is 703. The van der Waals surface area contributed by atoms with Gasteiger partial charge >= 0.3 is 11.7 Å². The summed E-state index contributed by atoms with van der Waals surface area (Å²) in [5.74, 6) is -0.862. The molecule has 0 unspecified atom stereocenters. The number of nitro groups is 1. The number of anilines is 2. The molecule has 0 saturated heterocycles. The zero-order chi connectivity index (χ0) is 16.1. The van der Waals surface area contributed by atoms with Crippen molar-refractivity contribution in [1.29, 1.82) is 0 Å². The molecule has 0 amide bonds. The molecule has 0 saturated carbocycles. The van der Waals surface area contributed by atoms with Gasteiger partial charge in [0.1, 0.15) is 18.0 Å². The predicted molar refractivity (Wildman–Crippen MR) is 80.4 cm³/mol. The number of aromatic nitrogens is 1. The van der Waals surface area contributed by atoms with Crippen molar-refractivity contribution in [2.75, 3.05) is 18.1 Å². The van der Waals surface area contributed by atoms with Crippen molar-refractivity contribution < 1.29 is 14.5 Å². The Morgan fingerprint density at radius 2 is 2.09 bits per heavy atom. The lowest BCUT2D eigenvalue weighted by Gasteiger charge is -2.09. The first-order valence-electron chi connectivity index (χ1n) is 6.36. The monoisotopic (exact) mass is 302 g/mol. The summed E-state index contributed by atoms with van der Waals surface area (Å²) in [7, 11) is 1.53. The Balaban J connectivity index is 2.24. The van der Waals surface area contributed by atoms with Crippen LogP contribution in [0, 0.1) is 10.1 Å². The molecule has 22 heavy (non-hydrogen) atoms. The van der Waals surface area contributed by atoms with Crippen molar-refractivity contribution in [3.63, 3.8) is 0 Å². The number of pyridine rings is 1. The summed E-state index contributed by atoms with van der Waals surface area (Å²) in [5, 5.41) is 13.6. The maximum atomic E-state index is 12.1. The van der Waals surface area contributed by atoms with E-state index in [0.717, 1.165) is 11.6 Å². The minimum absolute atomic E-state index is 0.0423. The van der Waals surface area contributed by atoms with Crippen molar-refractivity contribution >= 4 is 23.3 Å². The first kappa shape index (κ1) is 15.2. The third-order valence-corrected chi connectivity index (χ3v) is 2.90. The average Bonchev–Trinajstić information content (AvgIpc) is 2.52. The number of esters is 1. The quantitative estimate of drug-likeness (QED) is 0.492. The molecule has 0 bridgehead atoms. The fraction of sp³-hybridized carbons (Fsp3) is 0.143. The van der Waals surface area contributed by atoms with E-state index in [1.54, 1.807) is 12.1 Å². The molecular formula is C14H14N4O4. The van der Waals surface area contributed by atoms with Crippen molar-refractivity contribution in [3.05, 3.63) is 57.6 Å². The molecule has 114 valence electrons. The number of nitrogens with zero attached hydrogens (tertiary/aromatic N) is 2. The molecule has 1 aromatic carbocycles. The molecule has 0 aliphatic carbocycles. The van der Waals surface area contributed by atoms with Gasteiger partial charge in [-0.25, -0.2) is 9.78 Å². The van der Waals surface area contributed by atoms with Crippen LogP contribution in [0.3, 0.4) is 0 Å². The number of hydrogen-bond acceptors (Lipinski definition) is 7. The van der Waals surface area contributed by atoms with E-state index >= 15 is 0 Å². The van der Waals surface area contributed by atoms with E-state index in [2.05, 4.69) is 10.3 Å². The van der Waals surface area contributed by atoms with Crippen LogP contribution in [0.2, 0.25) is 0 Å². The van der Waals surface area contributed by atoms with E-state index in [1.165, 1.54) is 7.05 Å². The Hall–Kier alpha value is -3.16. The number of benzene rings is 1. The number of rotatable bonds is 5. The van der Waals surface area contributed by atoms with Crippen LogP contribution < -0.4 is 11.1 Å². The summed E-state index contributed by atoms with van der Waals surface area (Å²) in [4.78, 5) is 26.1. The van der Waals surface area contributed by atoms with Crippen LogP contribution in [0.5, 0.6) is 0 Å². The van der Waals surface area contributed by atoms with Crippen molar-refractivity contribution in [2.24, 2.45) is 0 Å². The summed E-state index contributed by atoms with van der Waals surface area (Å²) in [5.41, 5.74) is 5.81. The second-order valence-electron chi connectivity index (χ2n) is 4.36. The number of hydrogen-bond donors (Lipinski definition) is 2. The van der Waals surface area contributed by atoms with Crippen LogP contribution in [0.4, 0.5) is 17.3 Å². The SMILES string of the molecule is CNc1nc(N)c([N+](=O)[O-])cc1C(=O)OCc1ccccc1. The van der Waals surface area contributed by atoms with Crippen molar-refractivity contribution in [3.8, 4) is 0 Å². The van der Waals surface area contributed by atoms with E-state index < -0.39 is 16.6 Å². The largest absolute Gasteiger partial charge is 0.457 e. The normalized spacial score (nSPS) is 10.0. The van der Waals surface area contributed by atoms with Gasteiger partial charge in [0.2, 0.25) is 5.82 Å². The van der Waals surface area contributed by atoms with E-state index in [0.29, 0.717) is 0 Å². The molecule has 1 aromatic heterocycles. The molecule has 8 nitrogen and oxygen atoms in total. The second-order valence-corrected chi connectivity index (χ2v) is 4.36. The minimum Gasteiger partial charge on any atom is -0.457 e. The molecule has 0 spiro atoms. The van der Waals surface area contributed by atoms with Gasteiger partial charge < -0.3 is 15.8 Å². The molecule has 0 atom stereocenters. The topological polar surface area (TPSA) is 120 Å². The first-order chi connectivity index (χ1) is 10.5. The Morgan fingerprint density at radius 1 is 1.41 bits per heavy atom. The van der Waals surface area contributed by atoms with Crippen LogP contribution in [0.25, 0.3) is 0 Å². The fourth-order valence-electron chi connectivity index (χ4n) is 1.81. The standard InChI is InChI=1S/C14H14N4O4/c1-16-13-10(7-11(18(20)21)12(15)17-13)14(19)22-8-9-5-3-2-4-6-9/h2-7H,8H2,1H3,(H3,15,16,17). The minimum atomic E-state index is -0.719. The second kappa shape index (κ2) is 6.53. The Morgan fingerprint density at radius 3 is 2.68 bits per heavy atom. The summed E-state index contributed by atoms with van der Waals surface area (Å²) in [6.45, 7) is 0.0565. The highest BCUT2D eigenvalue weighted by atomic mass is 16.6. The van der Waals surface area contributed by atoms with Gasteiger partial charge in [0.25, 0.3) is 0 Å². The Kier molecular flexibility index (Phi) is 4.52. The fourth-order valence-corrected chi connectivity index (χ4v) is 1.81. The van der Waals surface area contributed by atoms with Crippen LogP contribution in [-0.4, -0.2) is 22.9 Å². The van der Waals surface area contributed by atoms with Crippen molar-refractivity contribution in [2.45, 2.75) is 6.61 Å². The number of nitrogens with two attached hydrogens (primary N) is 1. The lowest BCUT2D eigenvalue weighted by atomic mass is 10.2. The highest BCUT2D eigenvalue weighted by molar-refractivity contribution is 5.96. The molecule has 0 aliphatic rings. The van der Waals surface area contributed by atoms with Gasteiger partial charge in [-0.05, 0) is 5.56 Å². The summed E-state index contributed by atoms with van der Waals surface area (Å²) >= 11 is 0. The molecule has 1 heterocycles. The maximum absolute atomic E-state index is 12.1. The highest BCUT2D eigenvalue weighted by Crippen LogP contribution is 2.26. The predicted octanol–water partition coefficient (Wildman–Crippen LogP) is 1.97.